The molecule has 0 spiro atoms. The summed E-state index contributed by atoms with van der Waals surface area (Å²) in [7, 11) is 1.68. The van der Waals surface area contributed by atoms with Crippen molar-refractivity contribution in [3.8, 4) is 11.3 Å². The van der Waals surface area contributed by atoms with Crippen LogP contribution in [0.2, 0.25) is 0 Å². The molecule has 1 N–H and O–H groups in total. The molecule has 31 heavy (non-hydrogen) atoms. The van der Waals surface area contributed by atoms with Gasteiger partial charge in [-0.3, -0.25) is 19.6 Å². The highest BCUT2D eigenvalue weighted by Crippen LogP contribution is 2.26. The van der Waals surface area contributed by atoms with Gasteiger partial charge in [0.05, 0.1) is 16.2 Å². The lowest BCUT2D eigenvalue weighted by molar-refractivity contribution is -0.384. The molecule has 160 valence electrons. The molecule has 0 saturated carbocycles. The number of hydrogen-bond donors (Lipinski definition) is 1. The fourth-order valence-corrected chi connectivity index (χ4v) is 3.71. The Morgan fingerprint density at radius 1 is 1.23 bits per heavy atom. The fourth-order valence-electron chi connectivity index (χ4n) is 3.71. The fraction of sp³-hybridized carbons (Fsp3) is 0.238. The molecular formula is C21H19F2N5O3. The third kappa shape index (κ3) is 4.23. The molecule has 2 heterocycles. The minimum absolute atomic E-state index is 0.0512. The third-order valence-corrected chi connectivity index (χ3v) is 5.20. The van der Waals surface area contributed by atoms with Crippen molar-refractivity contribution in [3.63, 3.8) is 0 Å². The van der Waals surface area contributed by atoms with Crippen LogP contribution in [0.1, 0.15) is 16.8 Å². The topological polar surface area (TPSA) is 93.3 Å². The largest absolute Gasteiger partial charge is 0.367 e. The van der Waals surface area contributed by atoms with Gasteiger partial charge in [-0.15, -0.1) is 0 Å². The van der Waals surface area contributed by atoms with Crippen LogP contribution in [-0.2, 0) is 7.05 Å². The first kappa shape index (κ1) is 20.5. The first-order chi connectivity index (χ1) is 14.8. The van der Waals surface area contributed by atoms with Crippen LogP contribution < -0.4 is 10.2 Å². The molecule has 1 saturated heterocycles. The average molecular weight is 427 g/mol. The van der Waals surface area contributed by atoms with Crippen LogP contribution in [0.4, 0.5) is 20.2 Å². The van der Waals surface area contributed by atoms with Crippen LogP contribution in [0.25, 0.3) is 11.3 Å². The zero-order valence-electron chi connectivity index (χ0n) is 16.6. The molecule has 10 heteroatoms. The number of nitro groups is 1. The number of carbonyl (C=O) groups excluding carboxylic acids is 1. The van der Waals surface area contributed by atoms with E-state index in [9.17, 15) is 23.7 Å². The highest BCUT2D eigenvalue weighted by atomic mass is 19.1. The molecule has 8 nitrogen and oxygen atoms in total. The lowest BCUT2D eigenvalue weighted by Crippen LogP contribution is -2.37. The molecule has 1 aliphatic heterocycles. The predicted octanol–water partition coefficient (Wildman–Crippen LogP) is 3.28. The maximum Gasteiger partial charge on any atom is 0.269 e. The van der Waals surface area contributed by atoms with E-state index < -0.39 is 16.6 Å². The van der Waals surface area contributed by atoms with Gasteiger partial charge in [-0.25, -0.2) is 8.78 Å². The van der Waals surface area contributed by atoms with Crippen LogP contribution in [-0.4, -0.2) is 39.7 Å². The van der Waals surface area contributed by atoms with Gasteiger partial charge in [0.15, 0.2) is 0 Å². The highest BCUT2D eigenvalue weighted by Gasteiger charge is 2.27. The monoisotopic (exact) mass is 427 g/mol. The third-order valence-electron chi connectivity index (χ3n) is 5.20. The Morgan fingerprint density at radius 3 is 2.65 bits per heavy atom. The Labute approximate surface area is 176 Å². The standard InChI is InChI=1S/C21H19F2N5O3/c1-26-12-17(20(25-26)13-2-5-16(6-3-13)28(30)31)21(29)24-15-8-9-27(11-15)19-7-4-14(22)10-18(19)23/h2-7,10,12,15H,8-9,11H2,1H3,(H,24,29). The summed E-state index contributed by atoms with van der Waals surface area (Å²) in [4.78, 5) is 25.1. The normalized spacial score (nSPS) is 15.8. The van der Waals surface area contributed by atoms with Crippen LogP contribution in [0.5, 0.6) is 0 Å². The molecule has 1 fully saturated rings. The molecule has 1 atom stereocenters. The van der Waals surface area contributed by atoms with Crippen molar-refractivity contribution < 1.29 is 18.5 Å². The molecule has 0 bridgehead atoms. The van der Waals surface area contributed by atoms with Crippen molar-refractivity contribution in [2.75, 3.05) is 18.0 Å². The Morgan fingerprint density at radius 2 is 1.97 bits per heavy atom. The number of non-ortho nitro benzene ring substituents is 1. The van der Waals surface area contributed by atoms with Crippen molar-refractivity contribution >= 4 is 17.3 Å². The molecule has 1 amide bonds. The number of halogens is 2. The number of aromatic nitrogens is 2. The number of hydrogen-bond acceptors (Lipinski definition) is 5. The Hall–Kier alpha value is -3.82. The zero-order valence-corrected chi connectivity index (χ0v) is 16.6. The quantitative estimate of drug-likeness (QED) is 0.498. The number of aryl methyl sites for hydroxylation is 1. The van der Waals surface area contributed by atoms with Crippen molar-refractivity contribution in [3.05, 3.63) is 76.0 Å². The summed E-state index contributed by atoms with van der Waals surface area (Å²) in [5.74, 6) is -1.62. The second-order valence-electron chi connectivity index (χ2n) is 7.37. The minimum Gasteiger partial charge on any atom is -0.367 e. The smallest absolute Gasteiger partial charge is 0.269 e. The van der Waals surface area contributed by atoms with Gasteiger partial charge in [-0.2, -0.15) is 5.10 Å². The number of nitrogens with one attached hydrogen (secondary N) is 1. The maximum absolute atomic E-state index is 14.1. The first-order valence-corrected chi connectivity index (χ1v) is 9.61. The summed E-state index contributed by atoms with van der Waals surface area (Å²) >= 11 is 0. The van der Waals surface area contributed by atoms with E-state index in [1.807, 2.05) is 0 Å². The number of nitrogens with zero attached hydrogens (tertiary/aromatic N) is 4. The van der Waals surface area contributed by atoms with Gasteiger partial charge in [-0.05, 0) is 30.7 Å². The highest BCUT2D eigenvalue weighted by molar-refractivity contribution is 6.00. The van der Waals surface area contributed by atoms with E-state index in [-0.39, 0.29) is 17.6 Å². The van der Waals surface area contributed by atoms with Gasteiger partial charge in [0.1, 0.15) is 17.3 Å². The van der Waals surface area contributed by atoms with Gasteiger partial charge >= 0.3 is 0 Å². The van der Waals surface area contributed by atoms with Gasteiger partial charge in [0.2, 0.25) is 0 Å². The van der Waals surface area contributed by atoms with Crippen molar-refractivity contribution in [2.24, 2.45) is 7.05 Å². The average Bonchev–Trinajstić information content (AvgIpc) is 3.34. The molecule has 1 aromatic heterocycles. The molecule has 1 unspecified atom stereocenters. The van der Waals surface area contributed by atoms with Crippen molar-refractivity contribution in [1.82, 2.24) is 15.1 Å². The Kier molecular flexibility index (Phi) is 5.37. The molecule has 1 aliphatic rings. The maximum atomic E-state index is 14.1. The minimum atomic E-state index is -0.639. The molecule has 0 radical (unpaired) electrons. The zero-order chi connectivity index (χ0) is 22.1. The summed E-state index contributed by atoms with van der Waals surface area (Å²) in [6, 6.07) is 9.03. The summed E-state index contributed by atoms with van der Waals surface area (Å²) in [5, 5.41) is 18.1. The van der Waals surface area contributed by atoms with E-state index in [1.54, 1.807) is 30.3 Å². The molecular weight excluding hydrogens is 408 g/mol. The van der Waals surface area contributed by atoms with E-state index in [2.05, 4.69) is 10.4 Å². The second-order valence-corrected chi connectivity index (χ2v) is 7.37. The molecule has 0 aliphatic carbocycles. The molecule has 4 rings (SSSR count). The first-order valence-electron chi connectivity index (χ1n) is 9.61. The number of amides is 1. The Balaban J connectivity index is 1.49. The summed E-state index contributed by atoms with van der Waals surface area (Å²) in [6.07, 6.45) is 2.19. The summed E-state index contributed by atoms with van der Waals surface area (Å²) in [6.45, 7) is 0.914. The van der Waals surface area contributed by atoms with Crippen LogP contribution >= 0.6 is 0 Å². The van der Waals surface area contributed by atoms with E-state index >= 15 is 0 Å². The molecule has 2 aromatic carbocycles. The van der Waals surface area contributed by atoms with Gasteiger partial charge in [0.25, 0.3) is 11.6 Å². The van der Waals surface area contributed by atoms with E-state index in [0.29, 0.717) is 42.0 Å². The predicted molar refractivity (Wildman–Crippen MR) is 110 cm³/mol. The second kappa shape index (κ2) is 8.13. The number of carbonyl (C=O) groups is 1. The number of nitro benzene ring substituents is 1. The van der Waals surface area contributed by atoms with Crippen LogP contribution in [0.15, 0.2) is 48.7 Å². The van der Waals surface area contributed by atoms with Crippen molar-refractivity contribution in [2.45, 2.75) is 12.5 Å². The van der Waals surface area contributed by atoms with E-state index in [4.69, 9.17) is 0 Å². The molecule has 3 aromatic rings. The lowest BCUT2D eigenvalue weighted by Gasteiger charge is -2.19. The van der Waals surface area contributed by atoms with Gasteiger partial charge in [0, 0.05) is 56.1 Å². The lowest BCUT2D eigenvalue weighted by atomic mass is 10.1. The van der Waals surface area contributed by atoms with Crippen molar-refractivity contribution in [1.29, 1.82) is 0 Å². The number of benzene rings is 2. The van der Waals surface area contributed by atoms with E-state index in [1.165, 1.54) is 28.9 Å². The summed E-state index contributed by atoms with van der Waals surface area (Å²) in [5.41, 5.74) is 1.57. The van der Waals surface area contributed by atoms with E-state index in [0.717, 1.165) is 6.07 Å². The number of anilines is 1. The Bertz CT molecular complexity index is 1150. The van der Waals surface area contributed by atoms with Gasteiger partial charge < -0.3 is 10.2 Å². The SMILES string of the molecule is Cn1cc(C(=O)NC2CCN(c3ccc(F)cc3F)C2)c(-c2ccc([N+](=O)[O-])cc2)n1. The number of rotatable bonds is 5. The van der Waals surface area contributed by atoms with Crippen LogP contribution in [0.3, 0.4) is 0 Å². The van der Waals surface area contributed by atoms with Gasteiger partial charge in [-0.1, -0.05) is 0 Å². The summed E-state index contributed by atoms with van der Waals surface area (Å²) < 4.78 is 28.7. The van der Waals surface area contributed by atoms with Crippen LogP contribution in [0, 0.1) is 21.7 Å².